The van der Waals surface area contributed by atoms with Crippen molar-refractivity contribution in [3.05, 3.63) is 59.9 Å². The van der Waals surface area contributed by atoms with Crippen molar-refractivity contribution in [3.8, 4) is 0 Å². The third kappa shape index (κ3) is 4.35. The van der Waals surface area contributed by atoms with Crippen LogP contribution in [0.15, 0.2) is 53.7 Å². The Hall–Kier alpha value is -2.54. The van der Waals surface area contributed by atoms with Gasteiger partial charge in [-0.3, -0.25) is 18.8 Å². The van der Waals surface area contributed by atoms with E-state index in [-0.39, 0.29) is 17.9 Å². The minimum absolute atomic E-state index is 0.0302. The minimum atomic E-state index is -1.05. The summed E-state index contributed by atoms with van der Waals surface area (Å²) in [5, 5.41) is 3.02. The van der Waals surface area contributed by atoms with Crippen molar-refractivity contribution in [2.24, 2.45) is 0 Å². The summed E-state index contributed by atoms with van der Waals surface area (Å²) in [5.41, 5.74) is 1.19. The highest BCUT2D eigenvalue weighted by molar-refractivity contribution is 7.84. The SMILES string of the molecule is CS(=O)c1ccc(C(=O)N2CCC(NC(=O)c3ccncc3)CC2)cc1. The van der Waals surface area contributed by atoms with E-state index in [2.05, 4.69) is 10.3 Å². The molecule has 0 aliphatic carbocycles. The highest BCUT2D eigenvalue weighted by Crippen LogP contribution is 2.16. The minimum Gasteiger partial charge on any atom is -0.349 e. The van der Waals surface area contributed by atoms with Gasteiger partial charge in [-0.25, -0.2) is 0 Å². The summed E-state index contributed by atoms with van der Waals surface area (Å²) in [6.45, 7) is 1.20. The van der Waals surface area contributed by atoms with E-state index < -0.39 is 10.8 Å². The van der Waals surface area contributed by atoms with Crippen LogP contribution in [0.5, 0.6) is 0 Å². The number of aromatic nitrogens is 1. The number of hydrogen-bond donors (Lipinski definition) is 1. The van der Waals surface area contributed by atoms with E-state index in [1.54, 1.807) is 59.9 Å². The van der Waals surface area contributed by atoms with E-state index >= 15 is 0 Å². The summed E-state index contributed by atoms with van der Waals surface area (Å²) in [6, 6.07) is 10.3. The number of amides is 2. The lowest BCUT2D eigenvalue weighted by atomic mass is 10.0. The molecule has 1 atom stereocenters. The number of hydrogen-bond acceptors (Lipinski definition) is 4. The molecule has 0 spiro atoms. The Morgan fingerprint density at radius 3 is 2.23 bits per heavy atom. The van der Waals surface area contributed by atoms with Crippen LogP contribution in [0.4, 0.5) is 0 Å². The highest BCUT2D eigenvalue weighted by Gasteiger charge is 2.24. The molecule has 1 saturated heterocycles. The molecule has 1 N–H and O–H groups in total. The van der Waals surface area contributed by atoms with Crippen molar-refractivity contribution < 1.29 is 13.8 Å². The molecule has 1 aliphatic rings. The van der Waals surface area contributed by atoms with Gasteiger partial charge in [0.2, 0.25) is 0 Å². The maximum Gasteiger partial charge on any atom is 0.253 e. The number of carbonyl (C=O) groups is 2. The van der Waals surface area contributed by atoms with E-state index in [0.717, 1.165) is 12.8 Å². The molecular weight excluding hydrogens is 350 g/mol. The van der Waals surface area contributed by atoms with Crippen LogP contribution in [0.3, 0.4) is 0 Å². The maximum absolute atomic E-state index is 12.6. The van der Waals surface area contributed by atoms with Crippen molar-refractivity contribution in [1.29, 1.82) is 0 Å². The topological polar surface area (TPSA) is 79.4 Å². The van der Waals surface area contributed by atoms with Crippen LogP contribution in [0.1, 0.15) is 33.6 Å². The van der Waals surface area contributed by atoms with Crippen molar-refractivity contribution in [3.63, 3.8) is 0 Å². The second kappa shape index (κ2) is 8.23. The van der Waals surface area contributed by atoms with Gasteiger partial charge in [0.1, 0.15) is 0 Å². The first kappa shape index (κ1) is 18.3. The molecule has 1 aromatic carbocycles. The van der Waals surface area contributed by atoms with Gasteiger partial charge in [0, 0.05) is 64.6 Å². The second-order valence-electron chi connectivity index (χ2n) is 6.25. The smallest absolute Gasteiger partial charge is 0.253 e. The molecule has 2 aromatic rings. The lowest BCUT2D eigenvalue weighted by Crippen LogP contribution is -2.46. The van der Waals surface area contributed by atoms with Crippen LogP contribution >= 0.6 is 0 Å². The van der Waals surface area contributed by atoms with Crippen molar-refractivity contribution in [2.45, 2.75) is 23.8 Å². The number of benzene rings is 1. The lowest BCUT2D eigenvalue weighted by molar-refractivity contribution is 0.0698. The van der Waals surface area contributed by atoms with E-state index in [0.29, 0.717) is 29.1 Å². The Morgan fingerprint density at radius 2 is 1.65 bits per heavy atom. The Labute approximate surface area is 155 Å². The molecule has 3 rings (SSSR count). The summed E-state index contributed by atoms with van der Waals surface area (Å²) in [6.07, 6.45) is 6.24. The quantitative estimate of drug-likeness (QED) is 0.890. The van der Waals surface area contributed by atoms with Gasteiger partial charge < -0.3 is 10.2 Å². The Kier molecular flexibility index (Phi) is 5.78. The molecule has 7 heteroatoms. The molecule has 2 heterocycles. The molecular formula is C19H21N3O3S. The third-order valence-electron chi connectivity index (χ3n) is 4.49. The van der Waals surface area contributed by atoms with Crippen molar-refractivity contribution in [1.82, 2.24) is 15.2 Å². The number of nitrogens with one attached hydrogen (secondary N) is 1. The van der Waals surface area contributed by atoms with Crippen LogP contribution in [0.25, 0.3) is 0 Å². The van der Waals surface area contributed by atoms with E-state index in [9.17, 15) is 13.8 Å². The number of pyridine rings is 1. The van der Waals surface area contributed by atoms with Gasteiger partial charge >= 0.3 is 0 Å². The van der Waals surface area contributed by atoms with E-state index in [1.165, 1.54) is 0 Å². The molecule has 1 aliphatic heterocycles. The molecule has 6 nitrogen and oxygen atoms in total. The molecule has 0 bridgehead atoms. The summed E-state index contributed by atoms with van der Waals surface area (Å²) < 4.78 is 11.4. The predicted molar refractivity (Wildman–Crippen MR) is 99.4 cm³/mol. The van der Waals surface area contributed by atoms with Crippen LogP contribution in [-0.4, -0.2) is 51.3 Å². The largest absolute Gasteiger partial charge is 0.349 e. The van der Waals surface area contributed by atoms with Gasteiger partial charge in [0.05, 0.1) is 0 Å². The van der Waals surface area contributed by atoms with Crippen LogP contribution < -0.4 is 5.32 Å². The fourth-order valence-electron chi connectivity index (χ4n) is 2.97. The van der Waals surface area contributed by atoms with Crippen LogP contribution in [0.2, 0.25) is 0 Å². The van der Waals surface area contributed by atoms with Gasteiger partial charge in [-0.1, -0.05) is 0 Å². The number of nitrogens with zero attached hydrogens (tertiary/aromatic N) is 2. The first-order valence-corrected chi connectivity index (χ1v) is 10.0. The molecule has 0 saturated carbocycles. The van der Waals surface area contributed by atoms with Gasteiger partial charge in [-0.05, 0) is 49.2 Å². The Bertz CT molecular complexity index is 801. The highest BCUT2D eigenvalue weighted by atomic mass is 32.2. The van der Waals surface area contributed by atoms with Crippen LogP contribution in [-0.2, 0) is 10.8 Å². The molecule has 26 heavy (non-hydrogen) atoms. The summed E-state index contributed by atoms with van der Waals surface area (Å²) in [4.78, 5) is 31.2. The van der Waals surface area contributed by atoms with Gasteiger partial charge in [-0.2, -0.15) is 0 Å². The lowest BCUT2D eigenvalue weighted by Gasteiger charge is -2.32. The second-order valence-corrected chi connectivity index (χ2v) is 7.63. The third-order valence-corrected chi connectivity index (χ3v) is 5.43. The van der Waals surface area contributed by atoms with Crippen molar-refractivity contribution in [2.75, 3.05) is 19.3 Å². The van der Waals surface area contributed by atoms with Gasteiger partial charge in [0.25, 0.3) is 11.8 Å². The monoisotopic (exact) mass is 371 g/mol. The number of likely N-dealkylation sites (tertiary alicyclic amines) is 1. The first-order chi connectivity index (χ1) is 12.5. The zero-order valence-corrected chi connectivity index (χ0v) is 15.4. The summed E-state index contributed by atoms with van der Waals surface area (Å²) >= 11 is 0. The Morgan fingerprint density at radius 1 is 1.04 bits per heavy atom. The summed E-state index contributed by atoms with van der Waals surface area (Å²) in [7, 11) is -1.05. The average molecular weight is 371 g/mol. The average Bonchev–Trinajstić information content (AvgIpc) is 2.69. The normalized spacial score (nSPS) is 16.1. The molecule has 1 aromatic heterocycles. The molecule has 1 unspecified atom stereocenters. The van der Waals surface area contributed by atoms with Crippen LogP contribution in [0, 0.1) is 0 Å². The molecule has 2 amide bonds. The first-order valence-electron chi connectivity index (χ1n) is 8.48. The predicted octanol–water partition coefficient (Wildman–Crippen LogP) is 1.85. The maximum atomic E-state index is 12.6. The standard InChI is InChI=1S/C19H21N3O3S/c1-26(25)17-4-2-15(3-5-17)19(24)22-12-8-16(9-13-22)21-18(23)14-6-10-20-11-7-14/h2-7,10-11,16H,8-9,12-13H2,1H3,(H,21,23). The number of rotatable bonds is 4. The fourth-order valence-corrected chi connectivity index (χ4v) is 3.49. The number of carbonyl (C=O) groups excluding carboxylic acids is 2. The van der Waals surface area contributed by atoms with E-state index in [1.807, 2.05) is 0 Å². The van der Waals surface area contributed by atoms with Gasteiger partial charge in [0.15, 0.2) is 0 Å². The number of piperidine rings is 1. The Balaban J connectivity index is 1.54. The molecule has 136 valence electrons. The van der Waals surface area contributed by atoms with Gasteiger partial charge in [-0.15, -0.1) is 0 Å². The zero-order chi connectivity index (χ0) is 18.5. The fraction of sp³-hybridized carbons (Fsp3) is 0.316. The zero-order valence-electron chi connectivity index (χ0n) is 14.6. The molecule has 1 fully saturated rings. The summed E-state index contributed by atoms with van der Waals surface area (Å²) in [5.74, 6) is -0.141. The van der Waals surface area contributed by atoms with Crippen molar-refractivity contribution >= 4 is 22.6 Å². The van der Waals surface area contributed by atoms with E-state index in [4.69, 9.17) is 0 Å². The molecule has 0 radical (unpaired) electrons.